The average molecular weight is 366 g/mol. The molecule has 1 amide bonds. The maximum Gasteiger partial charge on any atom is 0.254 e. The van der Waals surface area contributed by atoms with Crippen molar-refractivity contribution in [3.63, 3.8) is 0 Å². The number of hydrogen-bond acceptors (Lipinski definition) is 5. The monoisotopic (exact) mass is 366 g/mol. The van der Waals surface area contributed by atoms with Crippen LogP contribution in [0, 0.1) is 0 Å². The minimum atomic E-state index is -0.0708. The number of nitrogens with zero attached hydrogens (tertiary/aromatic N) is 2. The summed E-state index contributed by atoms with van der Waals surface area (Å²) in [4.78, 5) is 14.5. The second kappa shape index (κ2) is 9.00. The predicted molar refractivity (Wildman–Crippen MR) is 102 cm³/mol. The molecule has 1 heterocycles. The van der Waals surface area contributed by atoms with Crippen LogP contribution >= 0.6 is 0 Å². The van der Waals surface area contributed by atoms with Gasteiger partial charge in [-0.25, -0.2) is 0 Å². The number of hydrogen-bond donors (Lipinski definition) is 0. The lowest BCUT2D eigenvalue weighted by Gasteiger charge is -2.21. The zero-order valence-electron chi connectivity index (χ0n) is 15.4. The van der Waals surface area contributed by atoms with Crippen LogP contribution in [0.1, 0.15) is 16.1 Å². The summed E-state index contributed by atoms with van der Waals surface area (Å²) in [7, 11) is 3.23. The molecule has 2 aromatic carbocycles. The van der Waals surface area contributed by atoms with Crippen molar-refractivity contribution in [3.8, 4) is 17.1 Å². The van der Waals surface area contributed by atoms with Gasteiger partial charge in [-0.05, 0) is 24.3 Å². The third kappa shape index (κ3) is 4.74. The highest BCUT2D eigenvalue weighted by Gasteiger charge is 2.18. The zero-order chi connectivity index (χ0) is 19.1. The van der Waals surface area contributed by atoms with E-state index >= 15 is 0 Å². The van der Waals surface area contributed by atoms with Crippen molar-refractivity contribution in [2.45, 2.75) is 6.54 Å². The fourth-order valence-electron chi connectivity index (χ4n) is 2.71. The maximum atomic E-state index is 12.8. The van der Waals surface area contributed by atoms with Crippen molar-refractivity contribution in [3.05, 3.63) is 71.9 Å². The van der Waals surface area contributed by atoms with Gasteiger partial charge >= 0.3 is 0 Å². The molecular formula is C21H22N2O4. The van der Waals surface area contributed by atoms with E-state index in [1.54, 1.807) is 31.3 Å². The molecule has 0 saturated carbocycles. The molecule has 3 aromatic rings. The largest absolute Gasteiger partial charge is 0.497 e. The van der Waals surface area contributed by atoms with Crippen LogP contribution in [0.5, 0.6) is 5.75 Å². The van der Waals surface area contributed by atoms with E-state index < -0.39 is 0 Å². The predicted octanol–water partition coefficient (Wildman–Crippen LogP) is 3.64. The third-order valence-electron chi connectivity index (χ3n) is 4.14. The number of amides is 1. The van der Waals surface area contributed by atoms with Crippen molar-refractivity contribution < 1.29 is 18.8 Å². The van der Waals surface area contributed by atoms with Crippen LogP contribution in [0.4, 0.5) is 0 Å². The molecular weight excluding hydrogens is 344 g/mol. The van der Waals surface area contributed by atoms with Gasteiger partial charge < -0.3 is 18.9 Å². The molecule has 0 aliphatic rings. The van der Waals surface area contributed by atoms with Gasteiger partial charge in [0.25, 0.3) is 5.91 Å². The summed E-state index contributed by atoms with van der Waals surface area (Å²) in [5, 5.41) is 4.12. The summed E-state index contributed by atoms with van der Waals surface area (Å²) in [6.07, 6.45) is 0. The number of carbonyl (C=O) groups is 1. The van der Waals surface area contributed by atoms with Crippen molar-refractivity contribution in [1.29, 1.82) is 0 Å². The van der Waals surface area contributed by atoms with Gasteiger partial charge in [0.2, 0.25) is 0 Å². The standard InChI is InChI=1S/C21H22N2O4/c1-25-12-11-23(21(24)16-7-4-3-5-8-16)15-18-14-20(27-22-18)17-9-6-10-19(13-17)26-2/h3-10,13-14H,11-12,15H2,1-2H3. The van der Waals surface area contributed by atoms with Crippen LogP contribution in [0.2, 0.25) is 0 Å². The highest BCUT2D eigenvalue weighted by atomic mass is 16.5. The summed E-state index contributed by atoms with van der Waals surface area (Å²) in [6, 6.07) is 18.6. The maximum absolute atomic E-state index is 12.8. The van der Waals surface area contributed by atoms with E-state index in [0.717, 1.165) is 11.3 Å². The van der Waals surface area contributed by atoms with Gasteiger partial charge in [-0.1, -0.05) is 35.5 Å². The molecule has 0 N–H and O–H groups in total. The normalized spacial score (nSPS) is 10.6. The van der Waals surface area contributed by atoms with Gasteiger partial charge in [0.15, 0.2) is 5.76 Å². The Morgan fingerprint density at radius 1 is 1.07 bits per heavy atom. The summed E-state index contributed by atoms with van der Waals surface area (Å²) in [5.74, 6) is 1.30. The molecule has 27 heavy (non-hydrogen) atoms. The number of aromatic nitrogens is 1. The van der Waals surface area contributed by atoms with E-state index in [4.69, 9.17) is 14.0 Å². The molecule has 0 aliphatic carbocycles. The molecule has 0 aliphatic heterocycles. The van der Waals surface area contributed by atoms with Crippen molar-refractivity contribution >= 4 is 5.91 Å². The summed E-state index contributed by atoms with van der Waals surface area (Å²) >= 11 is 0. The zero-order valence-corrected chi connectivity index (χ0v) is 15.4. The molecule has 0 unspecified atom stereocenters. The summed E-state index contributed by atoms with van der Waals surface area (Å²) in [5.41, 5.74) is 2.17. The van der Waals surface area contributed by atoms with Gasteiger partial charge in [0, 0.05) is 30.8 Å². The smallest absolute Gasteiger partial charge is 0.254 e. The first-order valence-corrected chi connectivity index (χ1v) is 8.64. The second-order valence-corrected chi connectivity index (χ2v) is 6.00. The van der Waals surface area contributed by atoms with E-state index in [0.29, 0.717) is 36.7 Å². The SMILES string of the molecule is COCCN(Cc1cc(-c2cccc(OC)c2)on1)C(=O)c1ccccc1. The lowest BCUT2D eigenvalue weighted by molar-refractivity contribution is 0.0676. The highest BCUT2D eigenvalue weighted by Crippen LogP contribution is 2.25. The van der Waals surface area contributed by atoms with Crippen LogP contribution in [0.25, 0.3) is 11.3 Å². The molecule has 0 spiro atoms. The molecule has 0 saturated heterocycles. The molecule has 0 bridgehead atoms. The van der Waals surface area contributed by atoms with Crippen LogP contribution in [0.15, 0.2) is 65.2 Å². The first kappa shape index (κ1) is 18.7. The molecule has 0 radical (unpaired) electrons. The number of carbonyl (C=O) groups excluding carboxylic acids is 1. The van der Waals surface area contributed by atoms with Crippen LogP contribution in [-0.2, 0) is 11.3 Å². The Morgan fingerprint density at radius 2 is 1.89 bits per heavy atom. The molecule has 6 heteroatoms. The number of ether oxygens (including phenoxy) is 2. The van der Waals surface area contributed by atoms with E-state index in [1.807, 2.05) is 48.5 Å². The molecule has 0 fully saturated rings. The first-order valence-electron chi connectivity index (χ1n) is 8.64. The molecule has 3 rings (SSSR count). The topological polar surface area (TPSA) is 64.8 Å². The Balaban J connectivity index is 1.78. The van der Waals surface area contributed by atoms with E-state index in [1.165, 1.54) is 0 Å². The van der Waals surface area contributed by atoms with Gasteiger partial charge in [-0.2, -0.15) is 0 Å². The Hall–Kier alpha value is -3.12. The molecule has 1 aromatic heterocycles. The summed E-state index contributed by atoms with van der Waals surface area (Å²) in [6.45, 7) is 1.25. The Labute approximate surface area is 158 Å². The minimum absolute atomic E-state index is 0.0708. The lowest BCUT2D eigenvalue weighted by Crippen LogP contribution is -2.33. The third-order valence-corrected chi connectivity index (χ3v) is 4.14. The Bertz CT molecular complexity index is 877. The second-order valence-electron chi connectivity index (χ2n) is 6.00. The van der Waals surface area contributed by atoms with Crippen molar-refractivity contribution in [2.75, 3.05) is 27.4 Å². The van der Waals surface area contributed by atoms with Gasteiger partial charge in [-0.3, -0.25) is 4.79 Å². The van der Waals surface area contributed by atoms with Crippen molar-refractivity contribution in [1.82, 2.24) is 10.1 Å². The highest BCUT2D eigenvalue weighted by molar-refractivity contribution is 5.94. The van der Waals surface area contributed by atoms with Gasteiger partial charge in [0.1, 0.15) is 11.4 Å². The molecule has 6 nitrogen and oxygen atoms in total. The lowest BCUT2D eigenvalue weighted by atomic mass is 10.1. The Kier molecular flexibility index (Phi) is 6.22. The fraction of sp³-hybridized carbons (Fsp3) is 0.238. The quantitative estimate of drug-likeness (QED) is 0.609. The van der Waals surface area contributed by atoms with E-state index in [2.05, 4.69) is 5.16 Å². The number of methoxy groups -OCH3 is 2. The van der Waals surface area contributed by atoms with Gasteiger partial charge in [0.05, 0.1) is 20.3 Å². The fourth-order valence-corrected chi connectivity index (χ4v) is 2.71. The Morgan fingerprint density at radius 3 is 2.63 bits per heavy atom. The van der Waals surface area contributed by atoms with Crippen LogP contribution in [-0.4, -0.2) is 43.3 Å². The van der Waals surface area contributed by atoms with Crippen LogP contribution < -0.4 is 4.74 Å². The van der Waals surface area contributed by atoms with Gasteiger partial charge in [-0.15, -0.1) is 0 Å². The van der Waals surface area contributed by atoms with E-state index in [9.17, 15) is 4.79 Å². The summed E-state index contributed by atoms with van der Waals surface area (Å²) < 4.78 is 15.9. The average Bonchev–Trinajstić information content (AvgIpc) is 3.20. The molecule has 0 atom stereocenters. The number of rotatable bonds is 8. The number of benzene rings is 2. The van der Waals surface area contributed by atoms with Crippen LogP contribution in [0.3, 0.4) is 0 Å². The van der Waals surface area contributed by atoms with Crippen molar-refractivity contribution in [2.24, 2.45) is 0 Å². The minimum Gasteiger partial charge on any atom is -0.497 e. The molecule has 140 valence electrons. The van der Waals surface area contributed by atoms with E-state index in [-0.39, 0.29) is 5.91 Å². The first-order chi connectivity index (χ1) is 13.2.